The summed E-state index contributed by atoms with van der Waals surface area (Å²) in [6.45, 7) is 4.19. The van der Waals surface area contributed by atoms with E-state index in [0.29, 0.717) is 37.3 Å². The maximum atomic E-state index is 13.4. The Bertz CT molecular complexity index is 1880. The number of carbonyl (C=O) groups is 5. The summed E-state index contributed by atoms with van der Waals surface area (Å²) in [5.41, 5.74) is 5.08. The Morgan fingerprint density at radius 3 is 2.66 bits per heavy atom. The number of carboxylic acid groups (broad SMARTS) is 1. The number of likely N-dealkylation sites (tertiary alicyclic amines) is 2. The van der Waals surface area contributed by atoms with Crippen molar-refractivity contribution in [1.29, 1.82) is 0 Å². The number of nitrogens with zero attached hydrogens (tertiary/aromatic N) is 6. The van der Waals surface area contributed by atoms with E-state index in [1.807, 2.05) is 0 Å². The van der Waals surface area contributed by atoms with Gasteiger partial charge in [-0.3, -0.25) is 19.3 Å². The number of hydrogen-bond donors (Lipinski definition) is 3. The quantitative estimate of drug-likeness (QED) is 0.0552. The Morgan fingerprint density at radius 1 is 1.24 bits per heavy atom. The second-order valence-electron chi connectivity index (χ2n) is 11.7. The third kappa shape index (κ3) is 7.04. The van der Waals surface area contributed by atoms with Gasteiger partial charge in [-0.1, -0.05) is 19.0 Å². The van der Waals surface area contributed by atoms with Gasteiger partial charge in [0.05, 0.1) is 17.7 Å². The molecular weight excluding hydrogens is 711 g/mol. The van der Waals surface area contributed by atoms with Crippen molar-refractivity contribution in [3.8, 4) is 0 Å². The molecule has 3 fully saturated rings. The van der Waals surface area contributed by atoms with Crippen LogP contribution in [0.25, 0.3) is 0 Å². The van der Waals surface area contributed by atoms with Crippen molar-refractivity contribution in [2.24, 2.45) is 5.16 Å². The van der Waals surface area contributed by atoms with Gasteiger partial charge >= 0.3 is 41.5 Å². The topological polar surface area (TPSA) is 267 Å². The predicted molar refractivity (Wildman–Crippen MR) is 166 cm³/mol. The van der Waals surface area contributed by atoms with Crippen LogP contribution in [0, 0.1) is 0 Å². The minimum absolute atomic E-state index is 0. The zero-order chi connectivity index (χ0) is 35.1. The summed E-state index contributed by atoms with van der Waals surface area (Å²) in [6, 6.07) is -1.46. The number of aromatic nitrogens is 2. The first kappa shape index (κ1) is 37.1. The number of carbonyl (C=O) groups excluding carboxylic acids is 5. The summed E-state index contributed by atoms with van der Waals surface area (Å²) in [5, 5.41) is 26.1. The second kappa shape index (κ2) is 15.0. The van der Waals surface area contributed by atoms with Crippen LogP contribution >= 0.6 is 23.3 Å². The minimum Gasteiger partial charge on any atom is -0.543 e. The van der Waals surface area contributed by atoms with Gasteiger partial charge in [0.2, 0.25) is 17.4 Å². The number of ether oxygens (including phenoxy) is 1. The van der Waals surface area contributed by atoms with Crippen LogP contribution in [0.15, 0.2) is 41.7 Å². The average molecular weight is 741 g/mol. The minimum atomic E-state index is -1.63. The Labute approximate surface area is 313 Å². The first-order valence-corrected chi connectivity index (χ1v) is 16.8. The number of allylic oxidation sites excluding steroid dienone is 1. The number of fused-ring (bicyclic) bond motifs is 1. The fourth-order valence-electron chi connectivity index (χ4n) is 6.04. The number of nitrogen functional groups attached to an aromatic ring is 1. The molecule has 6 heterocycles. The standard InChI is InChI=1S/C28H30N8O11S2.Na/c1-11(2)19-15(46-28(43)47-19)9-45-27(42)34-5-4-14(8-34)35-6-3-12(22(35)38)7-13-10-48-24-17(23(39)36(24)18(13)25(40)41)30-21(37)16(32-44)20-31-26(29)49-33-20;/h7,11,14,17,24,44H,3-6,8-10H2,1-2H3,(H,30,37)(H,40,41)(H2,29,31,33);/q;+1/p-1/b12-7+,32-16-;/t14-,17-,24-;/m1./s1. The zero-order valence-electron chi connectivity index (χ0n) is 26.9. The average Bonchev–Trinajstić information content (AvgIpc) is 3.87. The van der Waals surface area contributed by atoms with Crippen molar-refractivity contribution >= 4 is 63.9 Å². The first-order chi connectivity index (χ1) is 23.4. The number of nitrogens with one attached hydrogen (secondary N) is 1. The van der Waals surface area contributed by atoms with E-state index in [4.69, 9.17) is 19.3 Å². The smallest absolute Gasteiger partial charge is 0.543 e. The number of β-lactam (4-membered cyclic amide) rings is 1. The fourth-order valence-corrected chi connectivity index (χ4v) is 7.78. The summed E-state index contributed by atoms with van der Waals surface area (Å²) < 4.78 is 19.2. The number of aliphatic carboxylic acids is 1. The Hall–Kier alpha value is -4.18. The molecule has 2 aromatic heterocycles. The third-order valence-electron chi connectivity index (χ3n) is 8.34. The molecule has 4 N–H and O–H groups in total. The number of amides is 4. The van der Waals surface area contributed by atoms with Crippen LogP contribution < -0.4 is 51.5 Å². The van der Waals surface area contributed by atoms with Crippen LogP contribution in [0.5, 0.6) is 0 Å². The van der Waals surface area contributed by atoms with Crippen molar-refractivity contribution in [3.05, 3.63) is 50.9 Å². The Balaban J connectivity index is 0.00000486. The number of hydrogen-bond acceptors (Lipinski definition) is 17. The second-order valence-corrected chi connectivity index (χ2v) is 13.6. The normalized spacial score (nSPS) is 22.9. The number of carboxylic acids is 1. The van der Waals surface area contributed by atoms with Gasteiger partial charge in [-0.2, -0.15) is 9.36 Å². The molecule has 0 unspecified atom stereocenters. The van der Waals surface area contributed by atoms with E-state index in [1.54, 1.807) is 18.7 Å². The van der Waals surface area contributed by atoms with Crippen molar-refractivity contribution in [2.75, 3.05) is 31.1 Å². The predicted octanol–water partition coefficient (Wildman–Crippen LogP) is -4.05. The number of oxime groups is 1. The van der Waals surface area contributed by atoms with Gasteiger partial charge in [0.15, 0.2) is 23.3 Å². The van der Waals surface area contributed by atoms with Gasteiger partial charge in [0, 0.05) is 48.4 Å². The monoisotopic (exact) mass is 740 g/mol. The van der Waals surface area contributed by atoms with Gasteiger partial charge in [0.25, 0.3) is 11.8 Å². The number of thioether (sulfide) groups is 1. The van der Waals surface area contributed by atoms with Crippen LogP contribution in [-0.4, -0.2) is 108 Å². The van der Waals surface area contributed by atoms with E-state index < -0.39 is 52.5 Å². The molecule has 0 saturated carbocycles. The van der Waals surface area contributed by atoms with E-state index in [-0.39, 0.29) is 88.6 Å². The van der Waals surface area contributed by atoms with E-state index in [1.165, 1.54) is 22.7 Å². The molecule has 0 aliphatic carbocycles. The molecule has 0 bridgehead atoms. The van der Waals surface area contributed by atoms with Crippen LogP contribution in [0.2, 0.25) is 0 Å². The maximum absolute atomic E-state index is 13.4. The molecule has 0 radical (unpaired) electrons. The van der Waals surface area contributed by atoms with Crippen molar-refractivity contribution in [2.45, 2.75) is 56.7 Å². The van der Waals surface area contributed by atoms with Crippen LogP contribution in [-0.2, 0) is 30.5 Å². The molecule has 3 atom stereocenters. The van der Waals surface area contributed by atoms with Gasteiger partial charge in [-0.25, -0.2) is 9.59 Å². The largest absolute Gasteiger partial charge is 1.00 e. The first-order valence-electron chi connectivity index (χ1n) is 15.0. The van der Waals surface area contributed by atoms with Crippen LogP contribution in [0.3, 0.4) is 0 Å². The van der Waals surface area contributed by atoms with Gasteiger partial charge in [-0.05, 0) is 24.5 Å². The Morgan fingerprint density at radius 2 is 2.00 bits per heavy atom. The van der Waals surface area contributed by atoms with E-state index in [0.717, 1.165) is 16.4 Å². The molecule has 260 valence electrons. The third-order valence-corrected chi connectivity index (χ3v) is 10.2. The summed E-state index contributed by atoms with van der Waals surface area (Å²) >= 11 is 1.94. The number of anilines is 1. The summed E-state index contributed by atoms with van der Waals surface area (Å²) in [6.07, 6.45) is 1.61. The molecule has 19 nitrogen and oxygen atoms in total. The molecule has 0 spiro atoms. The number of rotatable bonds is 9. The van der Waals surface area contributed by atoms with Crippen LogP contribution in [0.1, 0.15) is 50.0 Å². The molecule has 0 aromatic carbocycles. The molecular formula is C28H29N8NaO11S2. The molecule has 3 saturated heterocycles. The fraction of sp³-hybridized carbons (Fsp3) is 0.464. The summed E-state index contributed by atoms with van der Waals surface area (Å²) in [4.78, 5) is 83.6. The van der Waals surface area contributed by atoms with E-state index >= 15 is 0 Å². The SMILES string of the molecule is CC(C)c1oc(=O)oc1COC(=O)N1CC[C@@H](N2CC/C(=C\C3=C(C(=O)[O-])N4C(=O)[C@@H](NC(=O)/C(=N\O)c5nsc(N)n5)[C@H]4SC3)C2=O)C1.[Na+]. The van der Waals surface area contributed by atoms with E-state index in [9.17, 15) is 39.1 Å². The molecule has 22 heteroatoms. The van der Waals surface area contributed by atoms with E-state index in [2.05, 4.69) is 19.8 Å². The number of nitrogens with two attached hydrogens (primary N) is 1. The summed E-state index contributed by atoms with van der Waals surface area (Å²) in [5.74, 6) is -4.42. The zero-order valence-corrected chi connectivity index (χ0v) is 30.6. The van der Waals surface area contributed by atoms with Crippen molar-refractivity contribution in [3.63, 3.8) is 0 Å². The molecule has 6 rings (SSSR count). The molecule has 4 amide bonds. The maximum Gasteiger partial charge on any atom is 1.00 e. The van der Waals surface area contributed by atoms with Crippen molar-refractivity contribution in [1.82, 2.24) is 29.4 Å². The van der Waals surface area contributed by atoms with Gasteiger partial charge < -0.3 is 49.5 Å². The molecule has 4 aliphatic heterocycles. The molecule has 50 heavy (non-hydrogen) atoms. The van der Waals surface area contributed by atoms with Gasteiger partial charge in [-0.15, -0.1) is 11.8 Å². The van der Waals surface area contributed by atoms with Crippen LogP contribution in [0.4, 0.5) is 9.93 Å². The van der Waals surface area contributed by atoms with Crippen molar-refractivity contribution < 1.29 is 77.4 Å². The molecule has 4 aliphatic rings. The Kier molecular flexibility index (Phi) is 11.1. The molecule has 2 aromatic rings. The van der Waals surface area contributed by atoms with Gasteiger partial charge in [0.1, 0.15) is 11.4 Å². The summed E-state index contributed by atoms with van der Waals surface area (Å²) in [7, 11) is 0.